The number of hydrogen-bond donors (Lipinski definition) is 1. The molecule has 1 aliphatic rings. The highest BCUT2D eigenvalue weighted by atomic mass is 32.1. The van der Waals surface area contributed by atoms with Gasteiger partial charge >= 0.3 is 5.97 Å². The van der Waals surface area contributed by atoms with Crippen molar-refractivity contribution in [3.05, 3.63) is 51.0 Å². The van der Waals surface area contributed by atoms with Gasteiger partial charge in [0.05, 0.1) is 0 Å². The minimum atomic E-state index is -0.764. The standard InChI is InChI=1S/C20H23NO3S/c1-13-14(2)18(8-6-15(13)7-9-19(22)23)24-12-16-4-3-5-17(16)20-21-10-11-25-20/h6,8,10-11H,3-5,7,9,12H2,1-2H3,(H,22,23). The van der Waals surface area contributed by atoms with Crippen molar-refractivity contribution in [3.8, 4) is 5.75 Å². The molecule has 1 aromatic carbocycles. The minimum absolute atomic E-state index is 0.157. The van der Waals surface area contributed by atoms with E-state index in [1.54, 1.807) is 11.3 Å². The van der Waals surface area contributed by atoms with Crippen LogP contribution in [0.2, 0.25) is 0 Å². The molecule has 0 bridgehead atoms. The third-order valence-electron chi connectivity index (χ3n) is 4.88. The first-order valence-electron chi connectivity index (χ1n) is 8.60. The van der Waals surface area contributed by atoms with Crippen LogP contribution < -0.4 is 4.74 Å². The summed E-state index contributed by atoms with van der Waals surface area (Å²) in [5, 5.41) is 12.0. The molecule has 0 aliphatic heterocycles. The summed E-state index contributed by atoms with van der Waals surface area (Å²) in [6, 6.07) is 3.96. The quantitative estimate of drug-likeness (QED) is 0.774. The van der Waals surface area contributed by atoms with Crippen LogP contribution in [-0.4, -0.2) is 22.7 Å². The molecule has 4 nitrogen and oxygen atoms in total. The van der Waals surface area contributed by atoms with E-state index in [1.807, 2.05) is 37.6 Å². The Labute approximate surface area is 152 Å². The van der Waals surface area contributed by atoms with Gasteiger partial charge in [0.2, 0.25) is 0 Å². The summed E-state index contributed by atoms with van der Waals surface area (Å²) >= 11 is 1.69. The van der Waals surface area contributed by atoms with Crippen molar-refractivity contribution < 1.29 is 14.6 Å². The lowest BCUT2D eigenvalue weighted by atomic mass is 9.99. The van der Waals surface area contributed by atoms with Crippen LogP contribution in [0.1, 0.15) is 47.4 Å². The number of rotatable bonds is 7. The summed E-state index contributed by atoms with van der Waals surface area (Å²) in [7, 11) is 0. The molecule has 5 heteroatoms. The molecular formula is C20H23NO3S. The second-order valence-electron chi connectivity index (χ2n) is 6.43. The van der Waals surface area contributed by atoms with Gasteiger partial charge in [0.1, 0.15) is 17.4 Å². The fraction of sp³-hybridized carbons (Fsp3) is 0.400. The molecule has 0 spiro atoms. The maximum Gasteiger partial charge on any atom is 0.303 e. The lowest BCUT2D eigenvalue weighted by molar-refractivity contribution is -0.136. The summed E-state index contributed by atoms with van der Waals surface area (Å²) in [6.07, 6.45) is 5.89. The van der Waals surface area contributed by atoms with Gasteiger partial charge in [-0.1, -0.05) is 6.07 Å². The molecule has 0 amide bonds. The van der Waals surface area contributed by atoms with Crippen molar-refractivity contribution in [2.24, 2.45) is 0 Å². The lowest BCUT2D eigenvalue weighted by Crippen LogP contribution is -2.05. The van der Waals surface area contributed by atoms with Crippen LogP contribution in [0.25, 0.3) is 5.57 Å². The highest BCUT2D eigenvalue weighted by Crippen LogP contribution is 2.35. The fourth-order valence-electron chi connectivity index (χ4n) is 3.28. The average Bonchev–Trinajstić information content (AvgIpc) is 3.25. The van der Waals surface area contributed by atoms with E-state index in [0.29, 0.717) is 13.0 Å². The first-order valence-corrected chi connectivity index (χ1v) is 9.48. The van der Waals surface area contributed by atoms with E-state index in [-0.39, 0.29) is 6.42 Å². The summed E-state index contributed by atoms with van der Waals surface area (Å²) in [4.78, 5) is 15.2. The zero-order chi connectivity index (χ0) is 17.8. The second kappa shape index (κ2) is 7.83. The molecule has 1 heterocycles. The van der Waals surface area contributed by atoms with E-state index in [9.17, 15) is 4.79 Å². The molecule has 0 atom stereocenters. The monoisotopic (exact) mass is 357 g/mol. The Hall–Kier alpha value is -2.14. The first kappa shape index (κ1) is 17.7. The van der Waals surface area contributed by atoms with Crippen molar-refractivity contribution in [1.29, 1.82) is 0 Å². The van der Waals surface area contributed by atoms with Gasteiger partial charge in [-0.3, -0.25) is 4.79 Å². The minimum Gasteiger partial charge on any atom is -0.489 e. The van der Waals surface area contributed by atoms with Gasteiger partial charge in [-0.15, -0.1) is 11.3 Å². The first-order chi connectivity index (χ1) is 12.1. The number of allylic oxidation sites excluding steroid dienone is 1. The Kier molecular flexibility index (Phi) is 5.53. The number of aryl methyl sites for hydroxylation is 1. The fourth-order valence-corrected chi connectivity index (χ4v) is 4.04. The molecule has 1 aliphatic carbocycles. The molecule has 132 valence electrons. The number of nitrogens with zero attached hydrogens (tertiary/aromatic N) is 1. The van der Waals surface area contributed by atoms with E-state index in [1.165, 1.54) is 17.6 Å². The number of carboxylic acids is 1. The molecule has 2 aromatic rings. The van der Waals surface area contributed by atoms with E-state index in [4.69, 9.17) is 9.84 Å². The van der Waals surface area contributed by atoms with Gasteiger partial charge in [0.15, 0.2) is 0 Å². The molecule has 0 fully saturated rings. The van der Waals surface area contributed by atoms with Crippen molar-refractivity contribution in [3.63, 3.8) is 0 Å². The Bertz CT molecular complexity index is 794. The summed E-state index contributed by atoms with van der Waals surface area (Å²) < 4.78 is 6.11. The van der Waals surface area contributed by atoms with Crippen LogP contribution in [0.5, 0.6) is 5.75 Å². The third kappa shape index (κ3) is 4.10. The Balaban J connectivity index is 1.72. The second-order valence-corrected chi connectivity index (χ2v) is 7.32. The molecule has 0 radical (unpaired) electrons. The van der Waals surface area contributed by atoms with Gasteiger partial charge in [-0.2, -0.15) is 0 Å². The SMILES string of the molecule is Cc1c(CCC(=O)O)ccc(OCC2=C(c3nccs3)CCC2)c1C. The predicted octanol–water partition coefficient (Wildman–Crippen LogP) is 4.79. The Morgan fingerprint density at radius 3 is 2.84 bits per heavy atom. The average molecular weight is 357 g/mol. The van der Waals surface area contributed by atoms with Gasteiger partial charge in [0, 0.05) is 18.0 Å². The summed E-state index contributed by atoms with van der Waals surface area (Å²) in [5.74, 6) is 0.120. The molecule has 0 unspecified atom stereocenters. The van der Waals surface area contributed by atoms with E-state index < -0.39 is 5.97 Å². The summed E-state index contributed by atoms with van der Waals surface area (Å²) in [6.45, 7) is 4.68. The van der Waals surface area contributed by atoms with Gasteiger partial charge in [0.25, 0.3) is 0 Å². The van der Waals surface area contributed by atoms with Crippen molar-refractivity contribution >= 4 is 22.9 Å². The van der Waals surface area contributed by atoms with Gasteiger partial charge in [-0.05, 0) is 73.4 Å². The number of aromatic nitrogens is 1. The van der Waals surface area contributed by atoms with Gasteiger partial charge < -0.3 is 9.84 Å². The van der Waals surface area contributed by atoms with Crippen molar-refractivity contribution in [2.45, 2.75) is 46.0 Å². The highest BCUT2D eigenvalue weighted by Gasteiger charge is 2.19. The van der Waals surface area contributed by atoms with Crippen LogP contribution in [0.4, 0.5) is 0 Å². The smallest absolute Gasteiger partial charge is 0.303 e. The third-order valence-corrected chi connectivity index (χ3v) is 5.72. The number of carbonyl (C=O) groups is 1. The van der Waals surface area contributed by atoms with Crippen molar-refractivity contribution in [2.75, 3.05) is 6.61 Å². The van der Waals surface area contributed by atoms with Gasteiger partial charge in [-0.25, -0.2) is 4.98 Å². The number of thiazole rings is 1. The maximum atomic E-state index is 10.8. The number of aliphatic carboxylic acids is 1. The van der Waals surface area contributed by atoms with Crippen LogP contribution >= 0.6 is 11.3 Å². The van der Waals surface area contributed by atoms with Crippen LogP contribution in [-0.2, 0) is 11.2 Å². The molecule has 1 aromatic heterocycles. The number of benzene rings is 1. The van der Waals surface area contributed by atoms with Crippen LogP contribution in [0.3, 0.4) is 0 Å². The van der Waals surface area contributed by atoms with E-state index >= 15 is 0 Å². The molecule has 25 heavy (non-hydrogen) atoms. The number of ether oxygens (including phenoxy) is 1. The van der Waals surface area contributed by atoms with E-state index in [0.717, 1.165) is 40.3 Å². The molecular weight excluding hydrogens is 334 g/mol. The molecule has 3 rings (SSSR count). The van der Waals surface area contributed by atoms with E-state index in [2.05, 4.69) is 4.98 Å². The van der Waals surface area contributed by atoms with Crippen molar-refractivity contribution in [1.82, 2.24) is 4.98 Å². The molecule has 1 N–H and O–H groups in total. The lowest BCUT2D eigenvalue weighted by Gasteiger charge is -2.15. The summed E-state index contributed by atoms with van der Waals surface area (Å²) in [5.41, 5.74) is 6.00. The highest BCUT2D eigenvalue weighted by molar-refractivity contribution is 7.10. The normalized spacial score (nSPS) is 14.2. The zero-order valence-corrected chi connectivity index (χ0v) is 15.5. The Morgan fingerprint density at radius 2 is 2.12 bits per heavy atom. The predicted molar refractivity (Wildman–Crippen MR) is 100 cm³/mol. The topological polar surface area (TPSA) is 59.4 Å². The van der Waals surface area contributed by atoms with Crippen LogP contribution in [0, 0.1) is 13.8 Å². The largest absolute Gasteiger partial charge is 0.489 e. The molecule has 0 saturated carbocycles. The van der Waals surface area contributed by atoms with Crippen LogP contribution in [0.15, 0.2) is 29.3 Å². The maximum absolute atomic E-state index is 10.8. The zero-order valence-electron chi connectivity index (χ0n) is 14.7. The molecule has 0 saturated heterocycles. The Morgan fingerprint density at radius 1 is 1.28 bits per heavy atom. The number of hydrogen-bond acceptors (Lipinski definition) is 4. The number of carboxylic acid groups (broad SMARTS) is 1.